The van der Waals surface area contributed by atoms with Gasteiger partial charge in [-0.05, 0) is 52.0 Å². The van der Waals surface area contributed by atoms with Crippen LogP contribution < -0.4 is 0 Å². The van der Waals surface area contributed by atoms with Crippen molar-refractivity contribution in [3.8, 4) is 0 Å². The maximum atomic E-state index is 12.5. The smallest absolute Gasteiger partial charge is 0.297 e. The zero-order chi connectivity index (χ0) is 22.9. The monoisotopic (exact) mass is 470 g/mol. The molecule has 0 saturated carbocycles. The highest BCUT2D eigenvalue weighted by atomic mass is 32.2. The molecule has 1 saturated heterocycles. The predicted molar refractivity (Wildman–Crippen MR) is 112 cm³/mol. The van der Waals surface area contributed by atoms with Crippen LogP contribution in [0.1, 0.15) is 25.0 Å². The van der Waals surface area contributed by atoms with E-state index in [-0.39, 0.29) is 23.0 Å². The van der Waals surface area contributed by atoms with E-state index in [9.17, 15) is 16.8 Å². The van der Waals surface area contributed by atoms with E-state index in [0.29, 0.717) is 0 Å². The lowest BCUT2D eigenvalue weighted by atomic mass is 10.2. The number of ether oxygens (including phenoxy) is 2. The molecule has 1 unspecified atom stereocenters. The van der Waals surface area contributed by atoms with E-state index < -0.39 is 38.2 Å². The second kappa shape index (κ2) is 8.97. The maximum absolute atomic E-state index is 12.5. The first-order valence-corrected chi connectivity index (χ1v) is 12.5. The van der Waals surface area contributed by atoms with Crippen molar-refractivity contribution in [2.75, 3.05) is 13.2 Å². The summed E-state index contributed by atoms with van der Waals surface area (Å²) in [6, 6.07) is 12.5. The number of aryl methyl sites for hydroxylation is 2. The Morgan fingerprint density at radius 1 is 0.710 bits per heavy atom. The molecule has 0 bridgehead atoms. The van der Waals surface area contributed by atoms with Gasteiger partial charge in [0, 0.05) is 0 Å². The summed E-state index contributed by atoms with van der Waals surface area (Å²) < 4.78 is 71.5. The first kappa shape index (κ1) is 23.8. The molecule has 2 aromatic rings. The summed E-state index contributed by atoms with van der Waals surface area (Å²) in [6.45, 7) is 6.28. The highest BCUT2D eigenvalue weighted by molar-refractivity contribution is 7.87. The molecular weight excluding hydrogens is 444 g/mol. The van der Waals surface area contributed by atoms with Crippen LogP contribution in [0.4, 0.5) is 0 Å². The lowest BCUT2D eigenvalue weighted by Gasteiger charge is -2.17. The summed E-state index contributed by atoms with van der Waals surface area (Å²) in [7, 11) is -8.02. The summed E-state index contributed by atoms with van der Waals surface area (Å²) >= 11 is 0. The zero-order valence-electron chi connectivity index (χ0n) is 17.8. The van der Waals surface area contributed by atoms with Gasteiger partial charge < -0.3 is 9.47 Å². The summed E-state index contributed by atoms with van der Waals surface area (Å²) in [6.07, 6.45) is -1.69. The molecule has 0 aromatic heterocycles. The highest BCUT2D eigenvalue weighted by Crippen LogP contribution is 2.30. The molecule has 10 heteroatoms. The number of benzene rings is 2. The molecule has 1 aliphatic heterocycles. The van der Waals surface area contributed by atoms with Crippen molar-refractivity contribution in [1.29, 1.82) is 0 Å². The average Bonchev–Trinajstić information content (AvgIpc) is 2.99. The van der Waals surface area contributed by atoms with Crippen LogP contribution in [-0.4, -0.2) is 48.0 Å². The van der Waals surface area contributed by atoms with Crippen molar-refractivity contribution in [3.05, 3.63) is 59.7 Å². The first-order chi connectivity index (χ1) is 14.4. The van der Waals surface area contributed by atoms with Gasteiger partial charge in [-0.3, -0.25) is 8.37 Å². The third kappa shape index (κ3) is 6.12. The molecule has 0 aliphatic carbocycles. The van der Waals surface area contributed by atoms with Crippen LogP contribution in [0, 0.1) is 13.8 Å². The van der Waals surface area contributed by atoms with Crippen molar-refractivity contribution in [1.82, 2.24) is 0 Å². The highest BCUT2D eigenvalue weighted by Gasteiger charge is 2.43. The van der Waals surface area contributed by atoms with Gasteiger partial charge in [-0.2, -0.15) is 16.8 Å². The van der Waals surface area contributed by atoms with Crippen LogP contribution in [0.5, 0.6) is 0 Å². The molecule has 0 amide bonds. The molecule has 1 aliphatic rings. The average molecular weight is 471 g/mol. The topological polar surface area (TPSA) is 105 Å². The van der Waals surface area contributed by atoms with Gasteiger partial charge in [0.1, 0.15) is 12.2 Å². The van der Waals surface area contributed by atoms with Gasteiger partial charge in [-0.25, -0.2) is 0 Å². The van der Waals surface area contributed by atoms with Gasteiger partial charge in [0.2, 0.25) is 0 Å². The van der Waals surface area contributed by atoms with Crippen LogP contribution in [0.25, 0.3) is 0 Å². The van der Waals surface area contributed by atoms with E-state index in [1.807, 2.05) is 13.8 Å². The standard InChI is InChI=1S/C21H26O8S2/c1-15-5-9-17(10-6-15)30(22,23)26-13-19-20(29-21(3,4)28-19)14-27-31(24,25)18-11-7-16(2)8-12-18/h5-12,19-20H,13-14H2,1-4H3/t19-,20?/m0/s1. The summed E-state index contributed by atoms with van der Waals surface area (Å²) in [5.74, 6) is -1.05. The zero-order valence-corrected chi connectivity index (χ0v) is 19.4. The Morgan fingerprint density at radius 2 is 1.03 bits per heavy atom. The minimum Gasteiger partial charge on any atom is -0.342 e. The molecule has 0 N–H and O–H groups in total. The largest absolute Gasteiger partial charge is 0.342 e. The van der Waals surface area contributed by atoms with Gasteiger partial charge in [0.25, 0.3) is 20.2 Å². The quantitative estimate of drug-likeness (QED) is 0.542. The third-order valence-electron chi connectivity index (χ3n) is 4.68. The fourth-order valence-electron chi connectivity index (χ4n) is 3.05. The Balaban J connectivity index is 1.67. The number of rotatable bonds is 8. The SMILES string of the molecule is Cc1ccc(S(=O)(=O)OCC2OC(C)(C)O[C@H]2COS(=O)(=O)c2ccc(C)cc2)cc1. The number of hydrogen-bond acceptors (Lipinski definition) is 8. The van der Waals surface area contributed by atoms with Crippen molar-refractivity contribution in [2.24, 2.45) is 0 Å². The summed E-state index contributed by atoms with van der Waals surface area (Å²) in [5.41, 5.74) is 1.83. The van der Waals surface area contributed by atoms with Crippen molar-refractivity contribution < 1.29 is 34.7 Å². The fourth-order valence-corrected chi connectivity index (χ4v) is 4.89. The summed E-state index contributed by atoms with van der Waals surface area (Å²) in [5, 5.41) is 0. The van der Waals surface area contributed by atoms with Gasteiger partial charge in [-0.1, -0.05) is 35.4 Å². The molecule has 2 aromatic carbocycles. The van der Waals surface area contributed by atoms with Gasteiger partial charge in [-0.15, -0.1) is 0 Å². The molecule has 170 valence electrons. The molecule has 3 rings (SSSR count). The number of hydrogen-bond donors (Lipinski definition) is 0. The molecule has 8 nitrogen and oxygen atoms in total. The van der Waals surface area contributed by atoms with Crippen molar-refractivity contribution in [3.63, 3.8) is 0 Å². The lowest BCUT2D eigenvalue weighted by Crippen LogP contribution is -2.33. The Kier molecular flexibility index (Phi) is 6.90. The second-order valence-corrected chi connectivity index (χ2v) is 11.0. The fraction of sp³-hybridized carbons (Fsp3) is 0.429. The van der Waals surface area contributed by atoms with E-state index in [1.165, 1.54) is 24.3 Å². The minimum atomic E-state index is -4.01. The van der Waals surface area contributed by atoms with E-state index in [4.69, 9.17) is 17.8 Å². The Labute approximate surface area is 183 Å². The van der Waals surface area contributed by atoms with Crippen LogP contribution in [0.2, 0.25) is 0 Å². The normalized spacial score (nSPS) is 21.3. The van der Waals surface area contributed by atoms with E-state index in [0.717, 1.165) is 11.1 Å². The van der Waals surface area contributed by atoms with Crippen LogP contribution >= 0.6 is 0 Å². The Morgan fingerprint density at radius 3 is 1.35 bits per heavy atom. The van der Waals surface area contributed by atoms with Crippen LogP contribution in [0.3, 0.4) is 0 Å². The molecule has 1 fully saturated rings. The van der Waals surface area contributed by atoms with Gasteiger partial charge in [0.15, 0.2) is 5.79 Å². The van der Waals surface area contributed by atoms with E-state index in [2.05, 4.69) is 0 Å². The van der Waals surface area contributed by atoms with E-state index >= 15 is 0 Å². The predicted octanol–water partition coefficient (Wildman–Crippen LogP) is 2.93. The minimum absolute atomic E-state index is 0.0195. The van der Waals surface area contributed by atoms with Crippen LogP contribution in [-0.2, 0) is 38.1 Å². The third-order valence-corrected chi connectivity index (χ3v) is 7.27. The van der Waals surface area contributed by atoms with Crippen molar-refractivity contribution in [2.45, 2.75) is 55.5 Å². The molecule has 1 heterocycles. The van der Waals surface area contributed by atoms with Gasteiger partial charge >= 0.3 is 0 Å². The first-order valence-electron chi connectivity index (χ1n) is 9.66. The Hall–Kier alpha value is -1.82. The lowest BCUT2D eigenvalue weighted by molar-refractivity contribution is -0.150. The van der Waals surface area contributed by atoms with E-state index in [1.54, 1.807) is 38.1 Å². The van der Waals surface area contributed by atoms with Gasteiger partial charge in [0.05, 0.1) is 23.0 Å². The molecule has 0 radical (unpaired) electrons. The maximum Gasteiger partial charge on any atom is 0.297 e. The van der Waals surface area contributed by atoms with Crippen LogP contribution in [0.15, 0.2) is 58.3 Å². The molecule has 2 atom stereocenters. The van der Waals surface area contributed by atoms with Crippen molar-refractivity contribution >= 4 is 20.2 Å². The Bertz CT molecular complexity index is 1020. The summed E-state index contributed by atoms with van der Waals surface area (Å²) in [4.78, 5) is 0.0389. The second-order valence-electron chi connectivity index (χ2n) is 7.82. The molecular formula is C21H26O8S2. The molecule has 0 spiro atoms. The molecule has 31 heavy (non-hydrogen) atoms.